The second-order valence-electron chi connectivity index (χ2n) is 3.86. The van der Waals surface area contributed by atoms with Crippen LogP contribution in [0.4, 0.5) is 0 Å². The highest BCUT2D eigenvalue weighted by Crippen LogP contribution is 2.23. The lowest BCUT2D eigenvalue weighted by Crippen LogP contribution is -1.95. The lowest BCUT2D eigenvalue weighted by atomic mass is 10.2. The van der Waals surface area contributed by atoms with Crippen LogP contribution in [0, 0.1) is 0 Å². The molecule has 0 atom stereocenters. The molecule has 94 valence electrons. The van der Waals surface area contributed by atoms with E-state index in [4.69, 9.17) is 5.73 Å². The third-order valence-corrected chi connectivity index (χ3v) is 4.81. The van der Waals surface area contributed by atoms with Gasteiger partial charge in [0.25, 0.3) is 0 Å². The molecule has 2 N–H and O–H groups in total. The molecule has 2 aromatic carbocycles. The highest BCUT2D eigenvalue weighted by Gasteiger charge is 1.96. The predicted molar refractivity (Wildman–Crippen MR) is 82.2 cm³/mol. The van der Waals surface area contributed by atoms with Crippen LogP contribution in [0.5, 0.6) is 0 Å². The van der Waals surface area contributed by atoms with E-state index in [0.717, 1.165) is 11.5 Å². The molecule has 1 nitrogen and oxygen atoms in total. The number of thioether (sulfide) groups is 2. The van der Waals surface area contributed by atoms with E-state index in [1.165, 1.54) is 15.4 Å². The third kappa shape index (κ3) is 4.41. The summed E-state index contributed by atoms with van der Waals surface area (Å²) in [5, 5.41) is 0. The molecule has 0 saturated carbocycles. The highest BCUT2D eigenvalue weighted by atomic mass is 32.2. The van der Waals surface area contributed by atoms with Crippen LogP contribution in [-0.2, 0) is 6.54 Å². The van der Waals surface area contributed by atoms with E-state index in [0.29, 0.717) is 6.54 Å². The predicted octanol–water partition coefficient (Wildman–Crippen LogP) is 4.03. The summed E-state index contributed by atoms with van der Waals surface area (Å²) in [6.07, 6.45) is 0. The van der Waals surface area contributed by atoms with Crippen molar-refractivity contribution < 1.29 is 0 Å². The largest absolute Gasteiger partial charge is 0.326 e. The number of benzene rings is 2. The van der Waals surface area contributed by atoms with Crippen LogP contribution in [0.1, 0.15) is 5.56 Å². The fraction of sp³-hybridized carbons (Fsp3) is 0.200. The molecule has 3 heteroatoms. The zero-order chi connectivity index (χ0) is 12.6. The lowest BCUT2D eigenvalue weighted by Gasteiger charge is -2.03. The summed E-state index contributed by atoms with van der Waals surface area (Å²) in [4.78, 5) is 2.66. The van der Waals surface area contributed by atoms with Gasteiger partial charge in [0.1, 0.15) is 0 Å². The van der Waals surface area contributed by atoms with Gasteiger partial charge in [0.2, 0.25) is 0 Å². The first-order valence-electron chi connectivity index (χ1n) is 5.98. The molecule has 2 rings (SSSR count). The fourth-order valence-electron chi connectivity index (χ4n) is 1.56. The number of hydrogen-bond donors (Lipinski definition) is 1. The van der Waals surface area contributed by atoms with Gasteiger partial charge in [0.05, 0.1) is 0 Å². The molecule has 0 aliphatic rings. The normalized spacial score (nSPS) is 10.5. The van der Waals surface area contributed by atoms with Gasteiger partial charge in [0.15, 0.2) is 0 Å². The highest BCUT2D eigenvalue weighted by molar-refractivity contribution is 8.03. The van der Waals surface area contributed by atoms with Gasteiger partial charge in [-0.15, -0.1) is 23.5 Å². The van der Waals surface area contributed by atoms with E-state index in [-0.39, 0.29) is 0 Å². The molecule has 18 heavy (non-hydrogen) atoms. The second-order valence-corrected chi connectivity index (χ2v) is 6.19. The van der Waals surface area contributed by atoms with Crippen LogP contribution in [0.2, 0.25) is 0 Å². The van der Waals surface area contributed by atoms with Crippen molar-refractivity contribution in [2.75, 3.05) is 11.5 Å². The van der Waals surface area contributed by atoms with Crippen molar-refractivity contribution >= 4 is 23.5 Å². The molecule has 0 bridgehead atoms. The second kappa shape index (κ2) is 7.52. The molecule has 0 aliphatic heterocycles. The maximum atomic E-state index is 5.58. The van der Waals surface area contributed by atoms with Gasteiger partial charge in [-0.1, -0.05) is 30.3 Å². The molecule has 0 heterocycles. The zero-order valence-corrected chi connectivity index (χ0v) is 11.8. The van der Waals surface area contributed by atoms with Crippen LogP contribution >= 0.6 is 23.5 Å². The summed E-state index contributed by atoms with van der Waals surface area (Å²) < 4.78 is 0. The smallest absolute Gasteiger partial charge is 0.0178 e. The van der Waals surface area contributed by atoms with Gasteiger partial charge in [-0.25, -0.2) is 0 Å². The zero-order valence-electron chi connectivity index (χ0n) is 10.2. The lowest BCUT2D eigenvalue weighted by molar-refractivity contribution is 1.07. The van der Waals surface area contributed by atoms with Gasteiger partial charge in [-0.05, 0) is 29.8 Å². The minimum Gasteiger partial charge on any atom is -0.326 e. The molecule has 0 radical (unpaired) electrons. The van der Waals surface area contributed by atoms with Crippen molar-refractivity contribution in [3.63, 3.8) is 0 Å². The first kappa shape index (κ1) is 13.5. The van der Waals surface area contributed by atoms with Crippen molar-refractivity contribution in [2.24, 2.45) is 5.73 Å². The van der Waals surface area contributed by atoms with E-state index in [2.05, 4.69) is 54.6 Å². The van der Waals surface area contributed by atoms with Crippen LogP contribution in [-0.4, -0.2) is 11.5 Å². The Bertz CT molecular complexity index is 454. The Labute approximate surface area is 117 Å². The summed E-state index contributed by atoms with van der Waals surface area (Å²) in [7, 11) is 0. The van der Waals surface area contributed by atoms with Crippen LogP contribution in [0.15, 0.2) is 64.4 Å². The minimum absolute atomic E-state index is 0.620. The van der Waals surface area contributed by atoms with Crippen LogP contribution in [0.25, 0.3) is 0 Å². The third-order valence-electron chi connectivity index (χ3n) is 2.52. The number of rotatable bonds is 6. The van der Waals surface area contributed by atoms with Gasteiger partial charge in [0, 0.05) is 27.8 Å². The quantitative estimate of drug-likeness (QED) is 0.637. The van der Waals surface area contributed by atoms with Crippen molar-refractivity contribution in [1.29, 1.82) is 0 Å². The Hall–Kier alpha value is -0.900. The summed E-state index contributed by atoms with van der Waals surface area (Å²) in [6.45, 7) is 0.620. The Morgan fingerprint density at radius 3 is 1.83 bits per heavy atom. The van der Waals surface area contributed by atoms with Crippen molar-refractivity contribution in [1.82, 2.24) is 0 Å². The molecule has 0 amide bonds. The molecule has 0 aromatic heterocycles. The Morgan fingerprint density at radius 1 is 0.722 bits per heavy atom. The van der Waals surface area contributed by atoms with Gasteiger partial charge < -0.3 is 5.73 Å². The molecule has 0 aliphatic carbocycles. The number of nitrogens with two attached hydrogens (primary N) is 1. The summed E-state index contributed by atoms with van der Waals surface area (Å²) in [5.74, 6) is 2.26. The fourth-order valence-corrected chi connectivity index (χ4v) is 3.37. The molecule has 2 aromatic rings. The monoisotopic (exact) mass is 275 g/mol. The van der Waals surface area contributed by atoms with E-state index in [1.54, 1.807) is 0 Å². The average molecular weight is 275 g/mol. The van der Waals surface area contributed by atoms with Crippen LogP contribution in [0.3, 0.4) is 0 Å². The number of hydrogen-bond acceptors (Lipinski definition) is 3. The minimum atomic E-state index is 0.620. The maximum Gasteiger partial charge on any atom is 0.0178 e. The van der Waals surface area contributed by atoms with E-state index in [9.17, 15) is 0 Å². The molecule has 0 saturated heterocycles. The summed E-state index contributed by atoms with van der Waals surface area (Å²) in [5.41, 5.74) is 6.77. The molecule has 0 spiro atoms. The van der Waals surface area contributed by atoms with Crippen molar-refractivity contribution in [2.45, 2.75) is 16.3 Å². The molecular weight excluding hydrogens is 258 g/mol. The van der Waals surface area contributed by atoms with Gasteiger partial charge in [-0.2, -0.15) is 0 Å². The van der Waals surface area contributed by atoms with Gasteiger partial charge in [-0.3, -0.25) is 0 Å². The van der Waals surface area contributed by atoms with E-state index < -0.39 is 0 Å². The maximum absolute atomic E-state index is 5.58. The first-order valence-corrected chi connectivity index (χ1v) is 7.95. The summed E-state index contributed by atoms with van der Waals surface area (Å²) in [6, 6.07) is 19.1. The standard InChI is InChI=1S/C15H17NS2/c16-12-13-6-8-15(9-7-13)18-11-10-17-14-4-2-1-3-5-14/h1-9H,10-12,16H2. The van der Waals surface area contributed by atoms with Crippen LogP contribution < -0.4 is 5.73 Å². The Morgan fingerprint density at radius 2 is 1.28 bits per heavy atom. The SMILES string of the molecule is NCc1ccc(SCCSc2ccccc2)cc1. The van der Waals surface area contributed by atoms with Crippen molar-refractivity contribution in [3.05, 3.63) is 60.2 Å². The van der Waals surface area contributed by atoms with E-state index in [1.807, 2.05) is 23.5 Å². The van der Waals surface area contributed by atoms with Gasteiger partial charge >= 0.3 is 0 Å². The topological polar surface area (TPSA) is 26.0 Å². The molecular formula is C15H17NS2. The van der Waals surface area contributed by atoms with Crippen molar-refractivity contribution in [3.8, 4) is 0 Å². The molecule has 0 unspecified atom stereocenters. The Kier molecular flexibility index (Phi) is 5.65. The molecule has 0 fully saturated rings. The van der Waals surface area contributed by atoms with E-state index >= 15 is 0 Å². The first-order chi connectivity index (χ1) is 8.88. The Balaban J connectivity index is 1.72. The summed E-state index contributed by atoms with van der Waals surface area (Å²) >= 11 is 3.80. The average Bonchev–Trinajstić information content (AvgIpc) is 2.45.